The molecule has 0 unspecified atom stereocenters. The number of hydrogen-bond donors (Lipinski definition) is 1. The van der Waals surface area contributed by atoms with Crippen molar-refractivity contribution in [3.63, 3.8) is 0 Å². The van der Waals surface area contributed by atoms with Gasteiger partial charge in [0.2, 0.25) is 5.91 Å². The summed E-state index contributed by atoms with van der Waals surface area (Å²) < 4.78 is 10.5. The van der Waals surface area contributed by atoms with Crippen LogP contribution in [0.2, 0.25) is 5.02 Å². The highest BCUT2D eigenvalue weighted by Gasteiger charge is 2.17. The molecular weight excluding hydrogens is 354 g/mol. The fourth-order valence-corrected chi connectivity index (χ4v) is 2.93. The van der Waals surface area contributed by atoms with E-state index in [2.05, 4.69) is 0 Å². The molecule has 26 heavy (non-hydrogen) atoms. The van der Waals surface area contributed by atoms with Gasteiger partial charge in [0.05, 0.1) is 20.3 Å². The first-order valence-corrected chi connectivity index (χ1v) is 8.68. The zero-order valence-corrected chi connectivity index (χ0v) is 15.2. The number of aromatic hydroxyl groups is 1. The Hall–Kier alpha value is -2.50. The van der Waals surface area contributed by atoms with Crippen LogP contribution >= 0.6 is 11.6 Å². The fourth-order valence-electron chi connectivity index (χ4n) is 2.81. The first-order valence-electron chi connectivity index (χ1n) is 8.30. The summed E-state index contributed by atoms with van der Waals surface area (Å²) in [5, 5.41) is 10.5. The van der Waals surface area contributed by atoms with Crippen LogP contribution in [0.3, 0.4) is 0 Å². The molecule has 1 amide bonds. The molecule has 1 aliphatic heterocycles. The standard InChI is InChI=1S/C20H20ClNO4/c1-25-19-12-15(4-7-18(19)23)17(14-2-5-16(21)6-3-14)13-20(24)22-8-10-26-11-9-22/h2-7,12-13,23H,8-11H2,1H3. The van der Waals surface area contributed by atoms with Gasteiger partial charge in [0, 0.05) is 24.2 Å². The summed E-state index contributed by atoms with van der Waals surface area (Å²) in [6, 6.07) is 12.3. The molecule has 0 aromatic heterocycles. The number of morpholine rings is 1. The van der Waals surface area contributed by atoms with E-state index in [1.807, 2.05) is 12.1 Å². The minimum absolute atomic E-state index is 0.0474. The Labute approximate surface area is 157 Å². The number of ether oxygens (including phenoxy) is 2. The number of hydrogen-bond acceptors (Lipinski definition) is 4. The number of benzene rings is 2. The van der Waals surface area contributed by atoms with Gasteiger partial charge < -0.3 is 19.5 Å². The van der Waals surface area contributed by atoms with E-state index >= 15 is 0 Å². The third kappa shape index (κ3) is 4.18. The van der Waals surface area contributed by atoms with Crippen LogP contribution in [0.25, 0.3) is 5.57 Å². The molecule has 1 fully saturated rings. The smallest absolute Gasteiger partial charge is 0.247 e. The average molecular weight is 374 g/mol. The second-order valence-electron chi connectivity index (χ2n) is 5.89. The molecule has 0 spiro atoms. The second-order valence-corrected chi connectivity index (χ2v) is 6.33. The molecule has 1 heterocycles. The zero-order chi connectivity index (χ0) is 18.5. The molecule has 6 heteroatoms. The number of halogens is 1. The molecule has 0 saturated carbocycles. The number of rotatable bonds is 4. The summed E-state index contributed by atoms with van der Waals surface area (Å²) in [5.74, 6) is 0.317. The highest BCUT2D eigenvalue weighted by atomic mass is 35.5. The van der Waals surface area contributed by atoms with E-state index in [-0.39, 0.29) is 11.7 Å². The lowest BCUT2D eigenvalue weighted by molar-refractivity contribution is -0.129. The molecule has 136 valence electrons. The van der Waals surface area contributed by atoms with Crippen molar-refractivity contribution in [1.29, 1.82) is 0 Å². The number of amides is 1. The second kappa shape index (κ2) is 8.25. The monoisotopic (exact) mass is 373 g/mol. The van der Waals surface area contributed by atoms with Crippen LogP contribution in [-0.2, 0) is 9.53 Å². The van der Waals surface area contributed by atoms with Crippen molar-refractivity contribution in [2.45, 2.75) is 0 Å². The number of phenols is 1. The highest BCUT2D eigenvalue weighted by molar-refractivity contribution is 6.30. The van der Waals surface area contributed by atoms with E-state index in [0.717, 1.165) is 16.7 Å². The maximum Gasteiger partial charge on any atom is 0.247 e. The molecule has 0 radical (unpaired) electrons. The first kappa shape index (κ1) is 18.3. The lowest BCUT2D eigenvalue weighted by Gasteiger charge is -2.26. The maximum absolute atomic E-state index is 12.7. The zero-order valence-electron chi connectivity index (χ0n) is 14.4. The summed E-state index contributed by atoms with van der Waals surface area (Å²) in [6.07, 6.45) is 1.61. The summed E-state index contributed by atoms with van der Waals surface area (Å²) in [6.45, 7) is 2.23. The largest absolute Gasteiger partial charge is 0.504 e. The van der Waals surface area contributed by atoms with Gasteiger partial charge in [0.25, 0.3) is 0 Å². The van der Waals surface area contributed by atoms with Crippen LogP contribution in [0.4, 0.5) is 0 Å². The van der Waals surface area contributed by atoms with Crippen LogP contribution < -0.4 is 4.74 Å². The fraction of sp³-hybridized carbons (Fsp3) is 0.250. The van der Waals surface area contributed by atoms with E-state index in [1.165, 1.54) is 7.11 Å². The third-order valence-corrected chi connectivity index (χ3v) is 4.49. The van der Waals surface area contributed by atoms with E-state index in [9.17, 15) is 9.90 Å². The number of methoxy groups -OCH3 is 1. The van der Waals surface area contributed by atoms with Crippen LogP contribution in [0.15, 0.2) is 48.5 Å². The molecule has 0 bridgehead atoms. The quantitative estimate of drug-likeness (QED) is 0.835. The Bertz CT molecular complexity index is 811. The van der Waals surface area contributed by atoms with Crippen LogP contribution in [0.5, 0.6) is 11.5 Å². The maximum atomic E-state index is 12.7. The van der Waals surface area contributed by atoms with Gasteiger partial charge in [-0.3, -0.25) is 4.79 Å². The van der Waals surface area contributed by atoms with Crippen molar-refractivity contribution in [2.75, 3.05) is 33.4 Å². The van der Waals surface area contributed by atoms with E-state index in [1.54, 1.807) is 41.3 Å². The normalized spacial score (nSPS) is 15.0. The van der Waals surface area contributed by atoms with Crippen molar-refractivity contribution in [3.05, 3.63) is 64.7 Å². The van der Waals surface area contributed by atoms with Gasteiger partial charge in [-0.05, 0) is 41.0 Å². The Morgan fingerprint density at radius 2 is 1.81 bits per heavy atom. The van der Waals surface area contributed by atoms with Crippen molar-refractivity contribution in [1.82, 2.24) is 4.90 Å². The minimum atomic E-state index is -0.0784. The number of nitrogens with zero attached hydrogens (tertiary/aromatic N) is 1. The van der Waals surface area contributed by atoms with E-state index in [0.29, 0.717) is 37.1 Å². The molecule has 2 aromatic rings. The first-order chi connectivity index (χ1) is 12.6. The van der Waals surface area contributed by atoms with Gasteiger partial charge in [-0.2, -0.15) is 0 Å². The van der Waals surface area contributed by atoms with Gasteiger partial charge in [0.1, 0.15) is 0 Å². The van der Waals surface area contributed by atoms with Gasteiger partial charge in [-0.25, -0.2) is 0 Å². The highest BCUT2D eigenvalue weighted by Crippen LogP contribution is 2.32. The molecule has 1 aliphatic rings. The molecule has 1 saturated heterocycles. The van der Waals surface area contributed by atoms with Crippen LogP contribution in [0.1, 0.15) is 11.1 Å². The van der Waals surface area contributed by atoms with Crippen molar-refractivity contribution in [2.24, 2.45) is 0 Å². The summed E-state index contributed by atoms with van der Waals surface area (Å²) in [5.41, 5.74) is 2.35. The van der Waals surface area contributed by atoms with Crippen molar-refractivity contribution in [3.8, 4) is 11.5 Å². The lowest BCUT2D eigenvalue weighted by atomic mass is 9.97. The van der Waals surface area contributed by atoms with Gasteiger partial charge >= 0.3 is 0 Å². The van der Waals surface area contributed by atoms with Crippen molar-refractivity contribution < 1.29 is 19.4 Å². The van der Waals surface area contributed by atoms with Gasteiger partial charge in [-0.1, -0.05) is 29.8 Å². The summed E-state index contributed by atoms with van der Waals surface area (Å²) in [7, 11) is 1.49. The molecule has 3 rings (SSSR count). The predicted octanol–water partition coefficient (Wildman–Crippen LogP) is 3.34. The minimum Gasteiger partial charge on any atom is -0.504 e. The number of phenolic OH excluding ortho intramolecular Hbond substituents is 1. The molecule has 0 atom stereocenters. The van der Waals surface area contributed by atoms with Gasteiger partial charge in [0.15, 0.2) is 11.5 Å². The average Bonchev–Trinajstić information content (AvgIpc) is 2.68. The molecule has 1 N–H and O–H groups in total. The van der Waals surface area contributed by atoms with E-state index < -0.39 is 0 Å². The Kier molecular flexibility index (Phi) is 5.81. The summed E-state index contributed by atoms with van der Waals surface area (Å²) >= 11 is 6.00. The molecule has 0 aliphatic carbocycles. The Balaban J connectivity index is 2.02. The number of carbonyl (C=O) groups is 1. The molecular formula is C20H20ClNO4. The SMILES string of the molecule is COc1cc(C(=CC(=O)N2CCOCC2)c2ccc(Cl)cc2)ccc1O. The third-order valence-electron chi connectivity index (χ3n) is 4.24. The summed E-state index contributed by atoms with van der Waals surface area (Å²) in [4.78, 5) is 14.5. The lowest BCUT2D eigenvalue weighted by Crippen LogP contribution is -2.39. The molecule has 5 nitrogen and oxygen atoms in total. The molecule has 2 aromatic carbocycles. The van der Waals surface area contributed by atoms with Gasteiger partial charge in [-0.15, -0.1) is 0 Å². The predicted molar refractivity (Wildman–Crippen MR) is 101 cm³/mol. The van der Waals surface area contributed by atoms with Crippen LogP contribution in [-0.4, -0.2) is 49.3 Å². The van der Waals surface area contributed by atoms with Crippen LogP contribution in [0, 0.1) is 0 Å². The topological polar surface area (TPSA) is 59.0 Å². The number of carbonyl (C=O) groups excluding carboxylic acids is 1. The Morgan fingerprint density at radius 3 is 2.46 bits per heavy atom. The Morgan fingerprint density at radius 1 is 1.15 bits per heavy atom. The van der Waals surface area contributed by atoms with Crippen molar-refractivity contribution >= 4 is 23.1 Å². The van der Waals surface area contributed by atoms with E-state index in [4.69, 9.17) is 21.1 Å².